The van der Waals surface area contributed by atoms with Crippen LogP contribution in [-0.2, 0) is 16.0 Å². The first kappa shape index (κ1) is 26.1. The highest BCUT2D eigenvalue weighted by molar-refractivity contribution is 6.09. The van der Waals surface area contributed by atoms with E-state index in [1.54, 1.807) is 31.3 Å². The second-order valence-corrected chi connectivity index (χ2v) is 9.38. The third-order valence-corrected chi connectivity index (χ3v) is 6.76. The largest absolute Gasteiger partial charge is 0.339 e. The smallest absolute Gasteiger partial charge is 0.255 e. The van der Waals surface area contributed by atoms with Gasteiger partial charge >= 0.3 is 0 Å². The van der Waals surface area contributed by atoms with Crippen molar-refractivity contribution in [2.24, 2.45) is 5.73 Å². The molecule has 7 heteroatoms. The summed E-state index contributed by atoms with van der Waals surface area (Å²) >= 11 is 0. The minimum Gasteiger partial charge on any atom is -0.339 e. The lowest BCUT2D eigenvalue weighted by Crippen LogP contribution is -2.50. The first-order valence-corrected chi connectivity index (χ1v) is 12.8. The lowest BCUT2D eigenvalue weighted by molar-refractivity contribution is -0.123. The molecule has 0 aromatic heterocycles. The SMILES string of the molecule is CN(C(=O)CN(C(=O)C(N)Cc1ccccc1)c1ccccc1C(=O)N1CCCCC1)c1ccccc1. The van der Waals surface area contributed by atoms with Gasteiger partial charge in [0.05, 0.1) is 17.3 Å². The zero-order valence-corrected chi connectivity index (χ0v) is 21.3. The van der Waals surface area contributed by atoms with Crippen molar-refractivity contribution in [2.45, 2.75) is 31.7 Å². The molecule has 7 nitrogen and oxygen atoms in total. The lowest BCUT2D eigenvalue weighted by Gasteiger charge is -2.31. The fraction of sp³-hybridized carbons (Fsp3) is 0.300. The van der Waals surface area contributed by atoms with Gasteiger partial charge in [-0.3, -0.25) is 14.4 Å². The predicted molar refractivity (Wildman–Crippen MR) is 147 cm³/mol. The summed E-state index contributed by atoms with van der Waals surface area (Å²) in [5.74, 6) is -0.821. The van der Waals surface area contributed by atoms with Gasteiger partial charge in [0.25, 0.3) is 5.91 Å². The van der Waals surface area contributed by atoms with Crippen LogP contribution in [0.5, 0.6) is 0 Å². The number of nitrogens with two attached hydrogens (primary N) is 1. The van der Waals surface area contributed by atoms with Gasteiger partial charge < -0.3 is 20.4 Å². The summed E-state index contributed by atoms with van der Waals surface area (Å²) in [5, 5.41) is 0. The molecule has 0 aliphatic carbocycles. The van der Waals surface area contributed by atoms with Gasteiger partial charge in [-0.15, -0.1) is 0 Å². The standard InChI is InChI=1S/C30H34N4O3/c1-32(24-15-7-3-8-16-24)28(35)22-34(30(37)26(31)21-23-13-5-2-6-14-23)27-18-10-9-17-25(27)29(36)33-19-11-4-12-20-33/h2-3,5-10,13-18,26H,4,11-12,19-22,31H2,1H3. The maximum Gasteiger partial charge on any atom is 0.255 e. The van der Waals surface area contributed by atoms with E-state index < -0.39 is 11.9 Å². The maximum atomic E-state index is 13.8. The molecular weight excluding hydrogens is 464 g/mol. The number of hydrogen-bond acceptors (Lipinski definition) is 4. The van der Waals surface area contributed by atoms with Crippen LogP contribution in [0.25, 0.3) is 0 Å². The molecule has 0 radical (unpaired) electrons. The first-order valence-electron chi connectivity index (χ1n) is 12.8. The molecule has 37 heavy (non-hydrogen) atoms. The number of likely N-dealkylation sites (tertiary alicyclic amines) is 1. The highest BCUT2D eigenvalue weighted by Crippen LogP contribution is 2.25. The Morgan fingerprint density at radius 1 is 0.838 bits per heavy atom. The van der Waals surface area contributed by atoms with Gasteiger partial charge in [0, 0.05) is 25.8 Å². The number of carbonyl (C=O) groups is 3. The normalized spacial score (nSPS) is 14.1. The van der Waals surface area contributed by atoms with E-state index in [2.05, 4.69) is 0 Å². The van der Waals surface area contributed by atoms with Crippen LogP contribution in [-0.4, -0.2) is 55.3 Å². The van der Waals surface area contributed by atoms with Gasteiger partial charge in [0.1, 0.15) is 6.54 Å². The second kappa shape index (κ2) is 12.3. The minimum atomic E-state index is -0.879. The van der Waals surface area contributed by atoms with Crippen molar-refractivity contribution in [2.75, 3.05) is 36.5 Å². The highest BCUT2D eigenvalue weighted by Gasteiger charge is 2.30. The Kier molecular flexibility index (Phi) is 8.69. The molecule has 4 rings (SSSR count). The fourth-order valence-electron chi connectivity index (χ4n) is 4.63. The number of anilines is 2. The van der Waals surface area contributed by atoms with Crippen molar-refractivity contribution >= 4 is 29.1 Å². The summed E-state index contributed by atoms with van der Waals surface area (Å²) < 4.78 is 0. The zero-order chi connectivity index (χ0) is 26.2. The first-order chi connectivity index (χ1) is 18.0. The molecule has 1 aliphatic rings. The number of amides is 3. The monoisotopic (exact) mass is 498 g/mol. The molecule has 1 saturated heterocycles. The third kappa shape index (κ3) is 6.43. The summed E-state index contributed by atoms with van der Waals surface area (Å²) in [7, 11) is 1.68. The Hall–Kier alpha value is -3.97. The van der Waals surface area contributed by atoms with E-state index in [9.17, 15) is 14.4 Å². The lowest BCUT2D eigenvalue weighted by atomic mass is 10.0. The Labute approximate surface area is 218 Å². The van der Waals surface area contributed by atoms with Crippen LogP contribution in [0.1, 0.15) is 35.2 Å². The summed E-state index contributed by atoms with van der Waals surface area (Å²) in [6, 6.07) is 24.9. The summed E-state index contributed by atoms with van der Waals surface area (Å²) in [4.78, 5) is 45.4. The number of likely N-dealkylation sites (N-methyl/N-ethyl adjacent to an activating group) is 1. The number of carbonyl (C=O) groups excluding carboxylic acids is 3. The van der Waals surface area contributed by atoms with E-state index in [1.807, 2.05) is 65.6 Å². The van der Waals surface area contributed by atoms with Crippen LogP contribution in [0.15, 0.2) is 84.9 Å². The van der Waals surface area contributed by atoms with Crippen LogP contribution in [0.4, 0.5) is 11.4 Å². The molecule has 2 N–H and O–H groups in total. The topological polar surface area (TPSA) is 87.0 Å². The van der Waals surface area contributed by atoms with E-state index in [1.165, 1.54) is 9.80 Å². The van der Waals surface area contributed by atoms with E-state index in [0.29, 0.717) is 36.4 Å². The second-order valence-electron chi connectivity index (χ2n) is 9.38. The molecule has 1 heterocycles. The molecule has 3 amide bonds. The maximum absolute atomic E-state index is 13.8. The average Bonchev–Trinajstić information content (AvgIpc) is 2.96. The van der Waals surface area contributed by atoms with Gasteiger partial charge in [0.2, 0.25) is 11.8 Å². The molecule has 1 unspecified atom stereocenters. The van der Waals surface area contributed by atoms with Gasteiger partial charge in [-0.1, -0.05) is 60.7 Å². The number of piperidine rings is 1. The minimum absolute atomic E-state index is 0.131. The van der Waals surface area contributed by atoms with Gasteiger partial charge in [-0.05, 0) is 55.5 Å². The molecule has 192 valence electrons. The highest BCUT2D eigenvalue weighted by atomic mass is 16.2. The number of para-hydroxylation sites is 2. The quantitative estimate of drug-likeness (QED) is 0.511. The van der Waals surface area contributed by atoms with E-state index in [0.717, 1.165) is 24.8 Å². The summed E-state index contributed by atoms with van der Waals surface area (Å²) in [5.41, 5.74) is 8.85. The Morgan fingerprint density at radius 3 is 2.11 bits per heavy atom. The van der Waals surface area contributed by atoms with Crippen molar-refractivity contribution in [1.82, 2.24) is 4.90 Å². The number of rotatable bonds is 8. The molecular formula is C30H34N4O3. The number of hydrogen-bond donors (Lipinski definition) is 1. The molecule has 0 spiro atoms. The molecule has 0 bridgehead atoms. The van der Waals surface area contributed by atoms with Crippen LogP contribution in [0, 0.1) is 0 Å². The Balaban J connectivity index is 1.66. The fourth-order valence-corrected chi connectivity index (χ4v) is 4.63. The summed E-state index contributed by atoms with van der Waals surface area (Å²) in [6.07, 6.45) is 3.34. The van der Waals surface area contributed by atoms with Crippen molar-refractivity contribution in [3.8, 4) is 0 Å². The van der Waals surface area contributed by atoms with Crippen LogP contribution >= 0.6 is 0 Å². The molecule has 3 aromatic rings. The van der Waals surface area contributed by atoms with Gasteiger partial charge in [0.15, 0.2) is 0 Å². The van der Waals surface area contributed by atoms with Crippen molar-refractivity contribution in [3.05, 3.63) is 96.1 Å². The molecule has 1 aliphatic heterocycles. The van der Waals surface area contributed by atoms with Gasteiger partial charge in [-0.2, -0.15) is 0 Å². The molecule has 0 saturated carbocycles. The third-order valence-electron chi connectivity index (χ3n) is 6.76. The molecule has 3 aromatic carbocycles. The predicted octanol–water partition coefficient (Wildman–Crippen LogP) is 3.88. The van der Waals surface area contributed by atoms with Crippen LogP contribution < -0.4 is 15.5 Å². The number of benzene rings is 3. The van der Waals surface area contributed by atoms with E-state index >= 15 is 0 Å². The summed E-state index contributed by atoms with van der Waals surface area (Å²) in [6.45, 7) is 1.13. The Bertz CT molecular complexity index is 1210. The van der Waals surface area contributed by atoms with Crippen molar-refractivity contribution < 1.29 is 14.4 Å². The van der Waals surface area contributed by atoms with E-state index in [-0.39, 0.29) is 18.4 Å². The number of nitrogens with zero attached hydrogens (tertiary/aromatic N) is 3. The van der Waals surface area contributed by atoms with Crippen LogP contribution in [0.2, 0.25) is 0 Å². The van der Waals surface area contributed by atoms with Gasteiger partial charge in [-0.25, -0.2) is 0 Å². The van der Waals surface area contributed by atoms with Crippen LogP contribution in [0.3, 0.4) is 0 Å². The molecule has 1 atom stereocenters. The zero-order valence-electron chi connectivity index (χ0n) is 21.3. The van der Waals surface area contributed by atoms with E-state index in [4.69, 9.17) is 5.73 Å². The molecule has 1 fully saturated rings. The Morgan fingerprint density at radius 2 is 1.43 bits per heavy atom. The van der Waals surface area contributed by atoms with Crippen molar-refractivity contribution in [3.63, 3.8) is 0 Å². The average molecular weight is 499 g/mol. The van der Waals surface area contributed by atoms with Crippen molar-refractivity contribution in [1.29, 1.82) is 0 Å².